The topological polar surface area (TPSA) is 77.3 Å². The second kappa shape index (κ2) is 8.85. The predicted octanol–water partition coefficient (Wildman–Crippen LogP) is 3.11. The van der Waals surface area contributed by atoms with Gasteiger partial charge >= 0.3 is 5.97 Å². The molecule has 4 rings (SSSR count). The van der Waals surface area contributed by atoms with E-state index >= 15 is 0 Å². The third-order valence-electron chi connectivity index (χ3n) is 5.64. The standard InChI is InChI=1S/C21H25FN4O3S/c1-3-16-23-21-26(24-16)19(27)18(30-21)17(14-6-5-7-15(22)12-14)25-10-8-13(9-11-25)20(28)29-4-2/h5-7,12-13,17-18H,3-4,8-11H2,1-2H3. The first kappa shape index (κ1) is 21.0. The third-order valence-corrected chi connectivity index (χ3v) is 6.83. The summed E-state index contributed by atoms with van der Waals surface area (Å²) in [4.78, 5) is 31.9. The van der Waals surface area contributed by atoms with Crippen molar-refractivity contribution >= 4 is 23.6 Å². The molecule has 0 aliphatic carbocycles. The molecule has 0 N–H and O–H groups in total. The Kier molecular flexibility index (Phi) is 6.19. The molecule has 0 saturated carbocycles. The minimum absolute atomic E-state index is 0.134. The largest absolute Gasteiger partial charge is 0.466 e. The molecule has 0 bridgehead atoms. The molecular weight excluding hydrogens is 407 g/mol. The van der Waals surface area contributed by atoms with E-state index in [4.69, 9.17) is 4.74 Å². The van der Waals surface area contributed by atoms with Gasteiger partial charge in [-0.1, -0.05) is 30.8 Å². The molecule has 0 amide bonds. The molecular formula is C21H25FN4O3S. The van der Waals surface area contributed by atoms with Gasteiger partial charge in [0.15, 0.2) is 11.0 Å². The first-order chi connectivity index (χ1) is 14.5. The molecule has 1 aromatic carbocycles. The van der Waals surface area contributed by atoms with Gasteiger partial charge in [0.05, 0.1) is 18.6 Å². The SMILES string of the molecule is CCOC(=O)C1CCN(C(c2cccc(F)c2)C2Sc3nc(CC)nn3C2=O)CC1. The molecule has 7 nitrogen and oxygen atoms in total. The van der Waals surface area contributed by atoms with E-state index in [0.29, 0.717) is 49.9 Å². The Bertz CT molecular complexity index is 942. The van der Waals surface area contributed by atoms with Crippen LogP contribution in [0.2, 0.25) is 0 Å². The highest BCUT2D eigenvalue weighted by Gasteiger charge is 2.44. The molecule has 1 fully saturated rings. The predicted molar refractivity (Wildman–Crippen MR) is 110 cm³/mol. The number of esters is 1. The molecule has 3 heterocycles. The average molecular weight is 433 g/mol. The molecule has 2 aliphatic rings. The Morgan fingerprint density at radius 2 is 2.10 bits per heavy atom. The van der Waals surface area contributed by atoms with E-state index in [2.05, 4.69) is 15.0 Å². The third kappa shape index (κ3) is 4.00. The zero-order chi connectivity index (χ0) is 21.3. The van der Waals surface area contributed by atoms with Gasteiger partial charge in [0.2, 0.25) is 0 Å². The smallest absolute Gasteiger partial charge is 0.309 e. The van der Waals surface area contributed by atoms with Gasteiger partial charge in [-0.3, -0.25) is 14.5 Å². The van der Waals surface area contributed by atoms with Crippen LogP contribution in [-0.2, 0) is 16.0 Å². The van der Waals surface area contributed by atoms with E-state index in [-0.39, 0.29) is 29.7 Å². The number of ether oxygens (including phenoxy) is 1. The Hall–Kier alpha value is -2.26. The number of rotatable bonds is 6. The highest BCUT2D eigenvalue weighted by Crippen LogP contribution is 2.42. The fourth-order valence-corrected chi connectivity index (χ4v) is 5.41. The van der Waals surface area contributed by atoms with Crippen LogP contribution in [0, 0.1) is 11.7 Å². The average Bonchev–Trinajstić information content (AvgIpc) is 3.28. The molecule has 1 saturated heterocycles. The molecule has 2 aliphatic heterocycles. The Morgan fingerprint density at radius 3 is 2.73 bits per heavy atom. The fraction of sp³-hybridized carbons (Fsp3) is 0.524. The van der Waals surface area contributed by atoms with Crippen molar-refractivity contribution in [2.75, 3.05) is 19.7 Å². The first-order valence-corrected chi connectivity index (χ1v) is 11.2. The van der Waals surface area contributed by atoms with E-state index in [9.17, 15) is 14.0 Å². The number of aromatic nitrogens is 3. The summed E-state index contributed by atoms with van der Waals surface area (Å²) in [6.45, 7) is 5.38. The number of benzene rings is 1. The van der Waals surface area contributed by atoms with E-state index in [0.717, 1.165) is 5.56 Å². The zero-order valence-electron chi connectivity index (χ0n) is 17.1. The number of hydrogen-bond acceptors (Lipinski definition) is 7. The lowest BCUT2D eigenvalue weighted by atomic mass is 9.92. The number of carbonyl (C=O) groups is 2. The van der Waals surface area contributed by atoms with Crippen LogP contribution >= 0.6 is 11.8 Å². The Morgan fingerprint density at radius 1 is 1.33 bits per heavy atom. The van der Waals surface area contributed by atoms with Crippen molar-refractivity contribution in [3.8, 4) is 0 Å². The lowest BCUT2D eigenvalue weighted by Crippen LogP contribution is -2.44. The normalized spacial score (nSPS) is 20.9. The van der Waals surface area contributed by atoms with Gasteiger partial charge in [-0.25, -0.2) is 9.37 Å². The summed E-state index contributed by atoms with van der Waals surface area (Å²) in [7, 11) is 0. The number of piperidine rings is 1. The highest BCUT2D eigenvalue weighted by molar-refractivity contribution is 8.00. The number of thioether (sulfide) groups is 1. The molecule has 30 heavy (non-hydrogen) atoms. The van der Waals surface area contributed by atoms with Crippen molar-refractivity contribution in [1.82, 2.24) is 19.7 Å². The van der Waals surface area contributed by atoms with Crippen molar-refractivity contribution in [1.29, 1.82) is 0 Å². The van der Waals surface area contributed by atoms with Crippen molar-refractivity contribution in [3.63, 3.8) is 0 Å². The molecule has 2 unspecified atom stereocenters. The number of aryl methyl sites for hydroxylation is 1. The van der Waals surface area contributed by atoms with Crippen molar-refractivity contribution < 1.29 is 18.7 Å². The van der Waals surface area contributed by atoms with Gasteiger partial charge < -0.3 is 4.74 Å². The maximum atomic E-state index is 14.0. The Labute approximate surface area is 179 Å². The highest BCUT2D eigenvalue weighted by atomic mass is 32.2. The molecule has 160 valence electrons. The van der Waals surface area contributed by atoms with Crippen LogP contribution in [0.3, 0.4) is 0 Å². The number of nitrogens with zero attached hydrogens (tertiary/aromatic N) is 4. The van der Waals surface area contributed by atoms with Gasteiger partial charge in [0.25, 0.3) is 5.91 Å². The van der Waals surface area contributed by atoms with Gasteiger partial charge in [-0.05, 0) is 50.6 Å². The minimum atomic E-state index is -0.466. The zero-order valence-corrected chi connectivity index (χ0v) is 17.9. The monoisotopic (exact) mass is 432 g/mol. The van der Waals surface area contributed by atoms with E-state index in [1.807, 2.05) is 13.0 Å². The van der Waals surface area contributed by atoms with E-state index in [1.165, 1.54) is 28.6 Å². The molecule has 0 radical (unpaired) electrons. The molecule has 0 spiro atoms. The van der Waals surface area contributed by atoms with Crippen LogP contribution in [0.25, 0.3) is 0 Å². The van der Waals surface area contributed by atoms with Crippen molar-refractivity contribution in [2.24, 2.45) is 5.92 Å². The number of carbonyl (C=O) groups excluding carboxylic acids is 2. The van der Waals surface area contributed by atoms with Crippen LogP contribution in [0.1, 0.15) is 48.9 Å². The maximum absolute atomic E-state index is 14.0. The molecule has 2 aromatic rings. The van der Waals surface area contributed by atoms with E-state index in [1.54, 1.807) is 13.0 Å². The summed E-state index contributed by atoms with van der Waals surface area (Å²) in [5, 5.41) is 4.44. The minimum Gasteiger partial charge on any atom is -0.466 e. The number of hydrogen-bond donors (Lipinski definition) is 0. The van der Waals surface area contributed by atoms with Gasteiger partial charge in [0, 0.05) is 6.42 Å². The van der Waals surface area contributed by atoms with E-state index < -0.39 is 5.25 Å². The van der Waals surface area contributed by atoms with Crippen molar-refractivity contribution in [2.45, 2.75) is 49.6 Å². The fourth-order valence-electron chi connectivity index (χ4n) is 4.13. The molecule has 9 heteroatoms. The summed E-state index contributed by atoms with van der Waals surface area (Å²) in [6.07, 6.45) is 1.96. The summed E-state index contributed by atoms with van der Waals surface area (Å²) >= 11 is 1.38. The van der Waals surface area contributed by atoms with Crippen LogP contribution in [0.5, 0.6) is 0 Å². The second-order valence-electron chi connectivity index (χ2n) is 7.51. The number of halogens is 1. The Balaban J connectivity index is 1.58. The number of fused-ring (bicyclic) bond motifs is 1. The first-order valence-electron chi connectivity index (χ1n) is 10.3. The molecule has 2 atom stereocenters. The van der Waals surface area contributed by atoms with Gasteiger partial charge in [-0.2, -0.15) is 4.68 Å². The summed E-state index contributed by atoms with van der Waals surface area (Å²) in [6, 6.07) is 6.08. The lowest BCUT2D eigenvalue weighted by molar-refractivity contribution is -0.149. The lowest BCUT2D eigenvalue weighted by Gasteiger charge is -2.38. The van der Waals surface area contributed by atoms with Gasteiger partial charge in [-0.15, -0.1) is 5.10 Å². The summed E-state index contributed by atoms with van der Waals surface area (Å²) in [5.41, 5.74) is 0.747. The van der Waals surface area contributed by atoms with Gasteiger partial charge in [0.1, 0.15) is 11.1 Å². The van der Waals surface area contributed by atoms with Crippen LogP contribution in [0.15, 0.2) is 29.4 Å². The number of likely N-dealkylation sites (tertiary alicyclic amines) is 1. The summed E-state index contributed by atoms with van der Waals surface area (Å²) in [5.74, 6) is -0.128. The second-order valence-corrected chi connectivity index (χ2v) is 8.62. The van der Waals surface area contributed by atoms with Crippen LogP contribution < -0.4 is 0 Å². The molecule has 1 aromatic heterocycles. The van der Waals surface area contributed by atoms with Crippen LogP contribution in [0.4, 0.5) is 4.39 Å². The van der Waals surface area contributed by atoms with Crippen LogP contribution in [-0.4, -0.2) is 56.5 Å². The quantitative estimate of drug-likeness (QED) is 0.649. The maximum Gasteiger partial charge on any atom is 0.309 e. The van der Waals surface area contributed by atoms with Crippen molar-refractivity contribution in [3.05, 3.63) is 41.5 Å². The summed E-state index contributed by atoms with van der Waals surface area (Å²) < 4.78 is 20.6.